The molecule has 0 radical (unpaired) electrons. The molecule has 1 saturated heterocycles. The van der Waals surface area contributed by atoms with Gasteiger partial charge in [0.05, 0.1) is 19.1 Å². The summed E-state index contributed by atoms with van der Waals surface area (Å²) in [5.41, 5.74) is -5.37. The molecule has 3 rings (SSSR count). The smallest absolute Gasteiger partial charge is 0.393 e. The SMILES string of the molecule is C[C@H](O)[C@@]1(CO)O[C@](O)(c2ccccc2)[C@@](O)(Cc2ccc(CC(F)(F)F)cc2)[C@](O)(Cl)[C@@H]1O. The Morgan fingerprint density at radius 3 is 2.00 bits per heavy atom. The van der Waals surface area contributed by atoms with Crippen LogP contribution in [-0.2, 0) is 23.4 Å². The van der Waals surface area contributed by atoms with Crippen molar-refractivity contribution in [3.8, 4) is 0 Å². The standard InChI is InChI=1S/C23H26ClF3O7/c1-14(29)19(13-28)18(30)22(24,32)20(31,23(33,34-19)17-5-3-2-4-6-17)11-15-7-9-16(10-8-15)12-21(25,26)27/h2-10,14,18,28-33H,11-13H2,1H3/t14-,18+,19+,20+,22-,23+/m0/s1. The van der Waals surface area contributed by atoms with Gasteiger partial charge in [-0.05, 0) is 18.1 Å². The molecule has 0 bridgehead atoms. The maximum Gasteiger partial charge on any atom is 0.393 e. The third kappa shape index (κ3) is 4.33. The lowest BCUT2D eigenvalue weighted by Gasteiger charge is -2.61. The highest BCUT2D eigenvalue weighted by Gasteiger charge is 2.76. The monoisotopic (exact) mass is 506 g/mol. The van der Waals surface area contributed by atoms with Crippen LogP contribution in [0.2, 0.25) is 0 Å². The zero-order chi connectivity index (χ0) is 25.6. The number of benzene rings is 2. The minimum absolute atomic E-state index is 0.0592. The summed E-state index contributed by atoms with van der Waals surface area (Å²) in [5, 5.41) is 62.6. The molecule has 0 unspecified atom stereocenters. The molecule has 11 heteroatoms. The van der Waals surface area contributed by atoms with Gasteiger partial charge in [0, 0.05) is 12.0 Å². The highest BCUT2D eigenvalue weighted by atomic mass is 35.5. The van der Waals surface area contributed by atoms with Gasteiger partial charge in [-0.1, -0.05) is 66.2 Å². The zero-order valence-electron chi connectivity index (χ0n) is 18.1. The maximum atomic E-state index is 12.7. The average molecular weight is 507 g/mol. The van der Waals surface area contributed by atoms with Gasteiger partial charge in [-0.3, -0.25) is 0 Å². The van der Waals surface area contributed by atoms with Gasteiger partial charge in [-0.25, -0.2) is 0 Å². The predicted octanol–water partition coefficient (Wildman–Crippen LogP) is 1.34. The normalized spacial score (nSPS) is 35.2. The first-order valence-electron chi connectivity index (χ1n) is 10.4. The number of alkyl halides is 4. The van der Waals surface area contributed by atoms with Crippen molar-refractivity contribution in [1.29, 1.82) is 0 Å². The van der Waals surface area contributed by atoms with E-state index in [-0.39, 0.29) is 16.7 Å². The summed E-state index contributed by atoms with van der Waals surface area (Å²) in [4.78, 5) is 0. The van der Waals surface area contributed by atoms with Crippen LogP contribution < -0.4 is 0 Å². The largest absolute Gasteiger partial charge is 0.393 e. The molecule has 1 aliphatic heterocycles. The first kappa shape index (κ1) is 26.8. The third-order valence-corrected chi connectivity index (χ3v) is 6.83. The summed E-state index contributed by atoms with van der Waals surface area (Å²) in [6.07, 6.45) is -10.3. The van der Waals surface area contributed by atoms with Gasteiger partial charge >= 0.3 is 6.18 Å². The second-order valence-corrected chi connectivity index (χ2v) is 9.20. The van der Waals surface area contributed by atoms with E-state index in [2.05, 4.69) is 0 Å². The van der Waals surface area contributed by atoms with E-state index in [0.717, 1.165) is 19.1 Å². The number of halogens is 4. The highest BCUT2D eigenvalue weighted by Crippen LogP contribution is 2.55. The Morgan fingerprint density at radius 1 is 1.00 bits per heavy atom. The fraction of sp³-hybridized carbons (Fsp3) is 0.478. The van der Waals surface area contributed by atoms with Crippen LogP contribution in [-0.4, -0.2) is 71.9 Å². The number of hydrogen-bond acceptors (Lipinski definition) is 7. The van der Waals surface area contributed by atoms with Crippen LogP contribution in [0, 0.1) is 0 Å². The van der Waals surface area contributed by atoms with Crippen molar-refractivity contribution in [2.75, 3.05) is 6.61 Å². The van der Waals surface area contributed by atoms with Crippen LogP contribution in [0.25, 0.3) is 0 Å². The molecule has 6 atom stereocenters. The minimum atomic E-state index is -4.43. The molecule has 34 heavy (non-hydrogen) atoms. The molecule has 6 N–H and O–H groups in total. The zero-order valence-corrected chi connectivity index (χ0v) is 18.8. The Balaban J connectivity index is 2.14. The second-order valence-electron chi connectivity index (χ2n) is 8.62. The molecular weight excluding hydrogens is 481 g/mol. The van der Waals surface area contributed by atoms with Gasteiger partial charge in [0.25, 0.3) is 0 Å². The number of aliphatic hydroxyl groups excluding tert-OH is 3. The molecule has 0 saturated carbocycles. The summed E-state index contributed by atoms with van der Waals surface area (Å²) in [6.45, 7) is 0.0276. The first-order chi connectivity index (χ1) is 15.6. The van der Waals surface area contributed by atoms with Crippen molar-refractivity contribution in [3.05, 3.63) is 71.3 Å². The average Bonchev–Trinajstić information content (AvgIpc) is 2.76. The summed E-state index contributed by atoms with van der Waals surface area (Å²) < 4.78 is 43.7. The molecular formula is C23H26ClF3O7. The van der Waals surface area contributed by atoms with Gasteiger partial charge in [0.15, 0.2) is 11.2 Å². The number of rotatable bonds is 6. The fourth-order valence-electron chi connectivity index (χ4n) is 4.27. The van der Waals surface area contributed by atoms with E-state index in [1.54, 1.807) is 6.07 Å². The van der Waals surface area contributed by atoms with Crippen LogP contribution in [0.1, 0.15) is 23.6 Å². The van der Waals surface area contributed by atoms with Gasteiger partial charge in [-0.2, -0.15) is 13.2 Å². The Labute approximate surface area is 198 Å². The third-order valence-electron chi connectivity index (χ3n) is 6.31. The molecule has 0 aliphatic carbocycles. The topological polar surface area (TPSA) is 131 Å². The van der Waals surface area contributed by atoms with Gasteiger partial charge in [0.2, 0.25) is 10.8 Å². The number of aliphatic hydroxyl groups is 6. The van der Waals surface area contributed by atoms with Crippen LogP contribution >= 0.6 is 11.6 Å². The van der Waals surface area contributed by atoms with E-state index < -0.39 is 59.9 Å². The van der Waals surface area contributed by atoms with E-state index in [9.17, 15) is 43.8 Å². The lowest BCUT2D eigenvalue weighted by atomic mass is 9.68. The molecule has 1 aliphatic rings. The Bertz CT molecular complexity index is 986. The van der Waals surface area contributed by atoms with Crippen molar-refractivity contribution >= 4 is 11.6 Å². The molecule has 2 aromatic carbocycles. The van der Waals surface area contributed by atoms with Crippen molar-refractivity contribution in [2.24, 2.45) is 0 Å². The lowest BCUT2D eigenvalue weighted by molar-refractivity contribution is -0.444. The van der Waals surface area contributed by atoms with E-state index in [1.807, 2.05) is 0 Å². The molecule has 0 spiro atoms. The molecule has 188 valence electrons. The van der Waals surface area contributed by atoms with Gasteiger partial charge in [-0.15, -0.1) is 0 Å². The summed E-state index contributed by atoms with van der Waals surface area (Å²) in [5.74, 6) is -2.89. The molecule has 1 heterocycles. The van der Waals surface area contributed by atoms with Crippen molar-refractivity contribution < 1.29 is 48.5 Å². The van der Waals surface area contributed by atoms with E-state index in [0.29, 0.717) is 0 Å². The van der Waals surface area contributed by atoms with Gasteiger partial charge in [0.1, 0.15) is 6.10 Å². The summed E-state index contributed by atoms with van der Waals surface area (Å²) in [6, 6.07) is 12.0. The summed E-state index contributed by atoms with van der Waals surface area (Å²) in [7, 11) is 0. The molecule has 0 aromatic heterocycles. The Kier molecular flexibility index (Phi) is 7.13. The van der Waals surface area contributed by atoms with Crippen molar-refractivity contribution in [3.63, 3.8) is 0 Å². The van der Waals surface area contributed by atoms with Crippen LogP contribution in [0.15, 0.2) is 54.6 Å². The predicted molar refractivity (Wildman–Crippen MR) is 115 cm³/mol. The molecule has 0 amide bonds. The fourth-order valence-corrected chi connectivity index (χ4v) is 4.65. The summed E-state index contributed by atoms with van der Waals surface area (Å²) >= 11 is 6.28. The quantitative estimate of drug-likeness (QED) is 0.326. The second kappa shape index (κ2) is 9.03. The van der Waals surface area contributed by atoms with E-state index >= 15 is 0 Å². The lowest BCUT2D eigenvalue weighted by Crippen LogP contribution is -2.82. The first-order valence-corrected chi connectivity index (χ1v) is 10.7. The highest BCUT2D eigenvalue weighted by molar-refractivity contribution is 6.24. The van der Waals surface area contributed by atoms with Crippen LogP contribution in [0.5, 0.6) is 0 Å². The van der Waals surface area contributed by atoms with Crippen molar-refractivity contribution in [1.82, 2.24) is 0 Å². The van der Waals surface area contributed by atoms with Crippen molar-refractivity contribution in [2.45, 2.75) is 60.2 Å². The maximum absolute atomic E-state index is 12.7. The molecule has 2 aromatic rings. The van der Waals surface area contributed by atoms with E-state index in [1.165, 1.54) is 36.4 Å². The molecule has 1 fully saturated rings. The molecule has 7 nitrogen and oxygen atoms in total. The Hall–Kier alpha value is -1.76. The van der Waals surface area contributed by atoms with Crippen LogP contribution in [0.4, 0.5) is 13.2 Å². The van der Waals surface area contributed by atoms with Gasteiger partial charge < -0.3 is 35.4 Å². The number of ether oxygens (including phenoxy) is 1. The minimum Gasteiger partial charge on any atom is -0.393 e. The number of hydrogen-bond donors (Lipinski definition) is 6. The van der Waals surface area contributed by atoms with Crippen LogP contribution in [0.3, 0.4) is 0 Å². The van der Waals surface area contributed by atoms with E-state index in [4.69, 9.17) is 16.3 Å². The Morgan fingerprint density at radius 2 is 1.53 bits per heavy atom.